The van der Waals surface area contributed by atoms with Gasteiger partial charge in [-0.25, -0.2) is 4.39 Å². The Labute approximate surface area is 129 Å². The molecular weight excluding hydrogens is 349 g/mol. The highest BCUT2D eigenvalue weighted by Crippen LogP contribution is 2.36. The van der Waals surface area contributed by atoms with Crippen molar-refractivity contribution in [1.82, 2.24) is 5.32 Å². The zero-order chi connectivity index (χ0) is 14.0. The van der Waals surface area contributed by atoms with Gasteiger partial charge >= 0.3 is 0 Å². The van der Waals surface area contributed by atoms with E-state index in [1.165, 1.54) is 10.9 Å². The van der Waals surface area contributed by atoms with Gasteiger partial charge in [-0.05, 0) is 47.6 Å². The van der Waals surface area contributed by atoms with Gasteiger partial charge in [0.25, 0.3) is 0 Å². The molecule has 0 radical (unpaired) electrons. The van der Waals surface area contributed by atoms with Crippen molar-refractivity contribution in [1.29, 1.82) is 0 Å². The Morgan fingerprint density at radius 2 is 2.16 bits per heavy atom. The van der Waals surface area contributed by atoms with E-state index >= 15 is 0 Å². The maximum absolute atomic E-state index is 14.1. The molecule has 1 atom stereocenters. The second-order valence-electron chi connectivity index (χ2n) is 4.23. The SMILES string of the molecule is CCNC(c1ccc(Cl)cc1F)c1sc(C)cc1Br. The molecule has 1 unspecified atom stereocenters. The fourth-order valence-corrected chi connectivity index (χ4v) is 4.12. The second-order valence-corrected chi connectivity index (χ2v) is 6.80. The maximum atomic E-state index is 14.1. The van der Waals surface area contributed by atoms with Gasteiger partial charge in [-0.1, -0.05) is 24.6 Å². The van der Waals surface area contributed by atoms with Crippen molar-refractivity contribution in [3.05, 3.63) is 54.9 Å². The fraction of sp³-hybridized carbons (Fsp3) is 0.286. The molecule has 2 aromatic rings. The predicted octanol–water partition coefficient (Wildman–Crippen LogP) is 5.31. The van der Waals surface area contributed by atoms with E-state index in [-0.39, 0.29) is 11.9 Å². The van der Waals surface area contributed by atoms with Gasteiger partial charge in [0.05, 0.1) is 6.04 Å². The first-order chi connectivity index (χ1) is 9.02. The molecule has 0 fully saturated rings. The van der Waals surface area contributed by atoms with Gasteiger partial charge < -0.3 is 5.32 Å². The molecule has 0 bridgehead atoms. The molecule has 1 aromatic heterocycles. The lowest BCUT2D eigenvalue weighted by atomic mass is 10.0. The average Bonchev–Trinajstić information content (AvgIpc) is 2.66. The molecule has 1 aromatic carbocycles. The number of benzene rings is 1. The van der Waals surface area contributed by atoms with Gasteiger partial charge in [-0.2, -0.15) is 0 Å². The summed E-state index contributed by atoms with van der Waals surface area (Å²) in [5, 5.41) is 3.74. The van der Waals surface area contributed by atoms with Crippen LogP contribution >= 0.6 is 38.9 Å². The molecule has 0 spiro atoms. The molecule has 1 heterocycles. The van der Waals surface area contributed by atoms with Gasteiger partial charge in [-0.15, -0.1) is 11.3 Å². The van der Waals surface area contributed by atoms with Crippen LogP contribution in [0, 0.1) is 12.7 Å². The van der Waals surface area contributed by atoms with E-state index in [1.807, 2.05) is 13.8 Å². The zero-order valence-electron chi connectivity index (χ0n) is 10.6. The van der Waals surface area contributed by atoms with Crippen molar-refractivity contribution in [3.8, 4) is 0 Å². The Kier molecular flexibility index (Phi) is 5.01. The minimum Gasteiger partial charge on any atom is -0.306 e. The van der Waals surface area contributed by atoms with Gasteiger partial charge in [-0.3, -0.25) is 0 Å². The summed E-state index contributed by atoms with van der Waals surface area (Å²) in [5.41, 5.74) is 0.619. The molecule has 0 aliphatic rings. The van der Waals surface area contributed by atoms with Crippen LogP contribution in [0.3, 0.4) is 0 Å². The van der Waals surface area contributed by atoms with Crippen LogP contribution in [0.15, 0.2) is 28.7 Å². The van der Waals surface area contributed by atoms with Gasteiger partial charge in [0.1, 0.15) is 5.82 Å². The van der Waals surface area contributed by atoms with E-state index in [0.29, 0.717) is 10.6 Å². The summed E-state index contributed by atoms with van der Waals surface area (Å²) in [6.07, 6.45) is 0. The third-order valence-corrected chi connectivity index (χ3v) is 5.05. The van der Waals surface area contributed by atoms with E-state index in [2.05, 4.69) is 27.3 Å². The number of nitrogens with one attached hydrogen (secondary N) is 1. The summed E-state index contributed by atoms with van der Waals surface area (Å²) in [5.74, 6) is -0.281. The first-order valence-electron chi connectivity index (χ1n) is 5.97. The Morgan fingerprint density at radius 1 is 1.42 bits per heavy atom. The van der Waals surface area contributed by atoms with Crippen LogP contribution in [0.1, 0.15) is 28.3 Å². The van der Waals surface area contributed by atoms with Gasteiger partial charge in [0, 0.05) is 24.8 Å². The number of halogens is 3. The molecule has 0 amide bonds. The van der Waals surface area contributed by atoms with Crippen LogP contribution in [0.4, 0.5) is 4.39 Å². The monoisotopic (exact) mass is 361 g/mol. The third kappa shape index (κ3) is 3.37. The molecule has 1 N–H and O–H groups in total. The molecule has 1 nitrogen and oxygen atoms in total. The number of rotatable bonds is 4. The molecule has 102 valence electrons. The lowest BCUT2D eigenvalue weighted by Crippen LogP contribution is -2.22. The molecule has 0 aliphatic heterocycles. The van der Waals surface area contributed by atoms with E-state index in [4.69, 9.17) is 11.6 Å². The number of hydrogen-bond acceptors (Lipinski definition) is 2. The normalized spacial score (nSPS) is 12.7. The molecular formula is C14H14BrClFNS. The van der Waals surface area contributed by atoms with Crippen molar-refractivity contribution in [2.24, 2.45) is 0 Å². The third-order valence-electron chi connectivity index (χ3n) is 2.78. The Morgan fingerprint density at radius 3 is 2.68 bits per heavy atom. The second kappa shape index (κ2) is 6.35. The Bertz CT molecular complexity index is 585. The first kappa shape index (κ1) is 15.0. The largest absolute Gasteiger partial charge is 0.306 e. The lowest BCUT2D eigenvalue weighted by molar-refractivity contribution is 0.562. The van der Waals surface area contributed by atoms with Crippen LogP contribution in [0.2, 0.25) is 5.02 Å². The highest BCUT2D eigenvalue weighted by atomic mass is 79.9. The number of aryl methyl sites for hydroxylation is 1. The first-order valence-corrected chi connectivity index (χ1v) is 7.95. The molecule has 0 saturated carbocycles. The van der Waals surface area contributed by atoms with Crippen molar-refractivity contribution in [2.75, 3.05) is 6.54 Å². The maximum Gasteiger partial charge on any atom is 0.129 e. The van der Waals surface area contributed by atoms with E-state index < -0.39 is 0 Å². The van der Waals surface area contributed by atoms with Crippen LogP contribution < -0.4 is 5.32 Å². The Balaban J connectivity index is 2.48. The van der Waals surface area contributed by atoms with Crippen molar-refractivity contribution >= 4 is 38.9 Å². The summed E-state index contributed by atoms with van der Waals surface area (Å²) >= 11 is 11.0. The smallest absolute Gasteiger partial charge is 0.129 e. The molecule has 0 saturated heterocycles. The summed E-state index contributed by atoms with van der Waals surface area (Å²) < 4.78 is 15.1. The van der Waals surface area contributed by atoms with Crippen molar-refractivity contribution < 1.29 is 4.39 Å². The Hall–Kier alpha value is -0.420. The van der Waals surface area contributed by atoms with Gasteiger partial charge in [0.15, 0.2) is 0 Å². The topological polar surface area (TPSA) is 12.0 Å². The minimum atomic E-state index is -0.281. The van der Waals surface area contributed by atoms with E-state index in [9.17, 15) is 4.39 Å². The standard InChI is InChI=1S/C14H14BrClFNS/c1-3-18-13(14-11(15)6-8(2)19-14)10-5-4-9(16)7-12(10)17/h4-7,13,18H,3H2,1-2H3. The minimum absolute atomic E-state index is 0.157. The molecule has 19 heavy (non-hydrogen) atoms. The highest BCUT2D eigenvalue weighted by Gasteiger charge is 2.21. The van der Waals surface area contributed by atoms with Crippen LogP contribution in [-0.4, -0.2) is 6.54 Å². The average molecular weight is 363 g/mol. The van der Waals surface area contributed by atoms with E-state index in [0.717, 1.165) is 15.9 Å². The lowest BCUT2D eigenvalue weighted by Gasteiger charge is -2.18. The number of thiophene rings is 1. The van der Waals surface area contributed by atoms with Crippen molar-refractivity contribution in [2.45, 2.75) is 19.9 Å². The fourth-order valence-electron chi connectivity index (χ4n) is 1.98. The van der Waals surface area contributed by atoms with Crippen LogP contribution in [0.25, 0.3) is 0 Å². The molecule has 0 aliphatic carbocycles. The van der Waals surface area contributed by atoms with Crippen molar-refractivity contribution in [3.63, 3.8) is 0 Å². The van der Waals surface area contributed by atoms with Gasteiger partial charge in [0.2, 0.25) is 0 Å². The molecule has 5 heteroatoms. The summed E-state index contributed by atoms with van der Waals surface area (Å²) in [4.78, 5) is 2.28. The quantitative estimate of drug-likeness (QED) is 0.777. The summed E-state index contributed by atoms with van der Waals surface area (Å²) in [7, 11) is 0. The molecule has 2 rings (SSSR count). The van der Waals surface area contributed by atoms with Crippen LogP contribution in [-0.2, 0) is 0 Å². The van der Waals surface area contributed by atoms with E-state index in [1.54, 1.807) is 23.5 Å². The number of hydrogen-bond donors (Lipinski definition) is 1. The summed E-state index contributed by atoms with van der Waals surface area (Å²) in [6, 6.07) is 6.72. The summed E-state index contributed by atoms with van der Waals surface area (Å²) in [6.45, 7) is 4.81. The highest BCUT2D eigenvalue weighted by molar-refractivity contribution is 9.10. The zero-order valence-corrected chi connectivity index (χ0v) is 13.8. The predicted molar refractivity (Wildman–Crippen MR) is 83.7 cm³/mol. The van der Waals surface area contributed by atoms with Crippen LogP contribution in [0.5, 0.6) is 0 Å².